The number of pyridine rings is 1. The maximum Gasteiger partial charge on any atom is 0.262 e. The van der Waals surface area contributed by atoms with Gasteiger partial charge in [0.2, 0.25) is 0 Å². The largest absolute Gasteiger partial charge is 0.397 e. The van der Waals surface area contributed by atoms with Gasteiger partial charge in [-0.1, -0.05) is 11.6 Å². The lowest BCUT2D eigenvalue weighted by atomic mass is 10.3. The number of anilines is 2. The zero-order valence-electron chi connectivity index (χ0n) is 9.17. The second-order valence-electron chi connectivity index (χ2n) is 3.53. The summed E-state index contributed by atoms with van der Waals surface area (Å²) < 4.78 is 26.4. The Hall–Kier alpha value is -1.79. The highest BCUT2D eigenvalue weighted by Crippen LogP contribution is 2.23. The summed E-state index contributed by atoms with van der Waals surface area (Å²) in [5.74, 6) is 0. The van der Waals surface area contributed by atoms with Crippen LogP contribution in [-0.2, 0) is 10.0 Å². The molecular weight excluding hydrogens is 274 g/mol. The van der Waals surface area contributed by atoms with Gasteiger partial charge in [0.1, 0.15) is 0 Å². The maximum atomic E-state index is 12.0. The van der Waals surface area contributed by atoms with Crippen molar-refractivity contribution in [3.05, 3.63) is 47.7 Å². The highest BCUT2D eigenvalue weighted by molar-refractivity contribution is 7.92. The minimum atomic E-state index is -3.68. The summed E-state index contributed by atoms with van der Waals surface area (Å²) in [4.78, 5) is 3.87. The van der Waals surface area contributed by atoms with Crippen LogP contribution in [0, 0.1) is 0 Å². The first-order chi connectivity index (χ1) is 8.49. The molecule has 94 valence electrons. The summed E-state index contributed by atoms with van der Waals surface area (Å²) in [7, 11) is -3.68. The van der Waals surface area contributed by atoms with Crippen LogP contribution in [0.5, 0.6) is 0 Å². The number of nitrogen functional groups attached to an aromatic ring is 1. The fraction of sp³-hybridized carbons (Fsp3) is 0. The van der Waals surface area contributed by atoms with Gasteiger partial charge in [-0.3, -0.25) is 9.71 Å². The van der Waals surface area contributed by atoms with E-state index in [9.17, 15) is 8.42 Å². The highest BCUT2D eigenvalue weighted by atomic mass is 35.5. The molecule has 1 heterocycles. The first-order valence-electron chi connectivity index (χ1n) is 4.97. The molecule has 2 rings (SSSR count). The second kappa shape index (κ2) is 4.83. The summed E-state index contributed by atoms with van der Waals surface area (Å²) in [6, 6.07) is 7.37. The van der Waals surface area contributed by atoms with Gasteiger partial charge >= 0.3 is 0 Å². The van der Waals surface area contributed by atoms with Crippen LogP contribution in [0.3, 0.4) is 0 Å². The van der Waals surface area contributed by atoms with E-state index < -0.39 is 10.0 Å². The molecule has 3 N–H and O–H groups in total. The van der Waals surface area contributed by atoms with E-state index in [1.54, 1.807) is 18.3 Å². The topological polar surface area (TPSA) is 85.1 Å². The Morgan fingerprint density at radius 3 is 2.67 bits per heavy atom. The Bertz CT molecular complexity index is 659. The molecule has 0 saturated carbocycles. The summed E-state index contributed by atoms with van der Waals surface area (Å²) in [5.41, 5.74) is 6.17. The molecule has 18 heavy (non-hydrogen) atoms. The number of rotatable bonds is 3. The zero-order chi connectivity index (χ0) is 13.2. The third-order valence-corrected chi connectivity index (χ3v) is 3.91. The van der Waals surface area contributed by atoms with Gasteiger partial charge < -0.3 is 5.73 Å². The number of nitrogens with one attached hydrogen (secondary N) is 1. The molecule has 0 bridgehead atoms. The SMILES string of the molecule is Nc1cc(S(=O)(=O)Nc2cccnc2)ccc1Cl. The highest BCUT2D eigenvalue weighted by Gasteiger charge is 2.15. The number of benzene rings is 1. The molecule has 0 aliphatic carbocycles. The van der Waals surface area contributed by atoms with E-state index in [4.69, 9.17) is 17.3 Å². The molecule has 0 atom stereocenters. The number of nitrogens with zero attached hydrogens (tertiary/aromatic N) is 1. The molecule has 1 aromatic heterocycles. The Balaban J connectivity index is 2.34. The van der Waals surface area contributed by atoms with Gasteiger partial charge in [0.05, 0.1) is 27.5 Å². The summed E-state index contributed by atoms with van der Waals surface area (Å²) in [6.07, 6.45) is 2.97. The Morgan fingerprint density at radius 1 is 1.28 bits per heavy atom. The first-order valence-corrected chi connectivity index (χ1v) is 6.83. The van der Waals surface area contributed by atoms with Gasteiger partial charge in [-0.05, 0) is 30.3 Å². The predicted molar refractivity (Wildman–Crippen MR) is 70.9 cm³/mol. The number of hydrogen-bond donors (Lipinski definition) is 2. The van der Waals surface area contributed by atoms with Gasteiger partial charge in [0.15, 0.2) is 0 Å². The van der Waals surface area contributed by atoms with Gasteiger partial charge in [-0.25, -0.2) is 8.42 Å². The number of sulfonamides is 1. The lowest BCUT2D eigenvalue weighted by molar-refractivity contribution is 0.601. The third kappa shape index (κ3) is 2.72. The molecule has 5 nitrogen and oxygen atoms in total. The molecule has 0 aliphatic heterocycles. The average molecular weight is 284 g/mol. The van der Waals surface area contributed by atoms with Crippen molar-refractivity contribution in [2.75, 3.05) is 10.5 Å². The van der Waals surface area contributed by atoms with Crippen molar-refractivity contribution in [2.45, 2.75) is 4.90 Å². The van der Waals surface area contributed by atoms with Crippen molar-refractivity contribution in [1.29, 1.82) is 0 Å². The molecule has 0 fully saturated rings. The fourth-order valence-corrected chi connectivity index (χ4v) is 2.52. The predicted octanol–water partition coefficient (Wildman–Crippen LogP) is 2.12. The number of halogens is 1. The van der Waals surface area contributed by atoms with E-state index in [-0.39, 0.29) is 10.6 Å². The van der Waals surface area contributed by atoms with Crippen molar-refractivity contribution in [3.63, 3.8) is 0 Å². The van der Waals surface area contributed by atoms with Crippen molar-refractivity contribution >= 4 is 33.0 Å². The van der Waals surface area contributed by atoms with Crippen molar-refractivity contribution in [3.8, 4) is 0 Å². The van der Waals surface area contributed by atoms with Crippen molar-refractivity contribution in [1.82, 2.24) is 4.98 Å². The van der Waals surface area contributed by atoms with E-state index in [2.05, 4.69) is 9.71 Å². The number of nitrogens with two attached hydrogens (primary N) is 1. The van der Waals surface area contributed by atoms with Gasteiger partial charge in [-0.15, -0.1) is 0 Å². The average Bonchev–Trinajstić information content (AvgIpc) is 2.33. The van der Waals surface area contributed by atoms with E-state index in [0.29, 0.717) is 10.7 Å². The van der Waals surface area contributed by atoms with Crippen LogP contribution in [0.1, 0.15) is 0 Å². The molecule has 0 unspecified atom stereocenters. The van der Waals surface area contributed by atoms with Gasteiger partial charge in [0.25, 0.3) is 10.0 Å². The third-order valence-electron chi connectivity index (χ3n) is 2.19. The molecule has 2 aromatic rings. The van der Waals surface area contributed by atoms with Crippen LogP contribution in [0.4, 0.5) is 11.4 Å². The Morgan fingerprint density at radius 2 is 2.06 bits per heavy atom. The first kappa shape index (κ1) is 12.7. The maximum absolute atomic E-state index is 12.0. The van der Waals surface area contributed by atoms with Gasteiger partial charge in [0, 0.05) is 6.20 Å². The normalized spacial score (nSPS) is 11.2. The molecule has 0 aliphatic rings. The van der Waals surface area contributed by atoms with Crippen LogP contribution < -0.4 is 10.5 Å². The summed E-state index contributed by atoms with van der Waals surface area (Å²) >= 11 is 5.74. The van der Waals surface area contributed by atoms with Crippen molar-refractivity contribution in [2.24, 2.45) is 0 Å². The van der Waals surface area contributed by atoms with Crippen LogP contribution in [0.15, 0.2) is 47.6 Å². The Kier molecular flexibility index (Phi) is 3.40. The molecule has 1 aromatic carbocycles. The minimum absolute atomic E-state index is 0.0493. The molecule has 7 heteroatoms. The standard InChI is InChI=1S/C11H10ClN3O2S/c12-10-4-3-9(6-11(10)13)18(16,17)15-8-2-1-5-14-7-8/h1-7,15H,13H2. The smallest absolute Gasteiger partial charge is 0.262 e. The monoisotopic (exact) mass is 283 g/mol. The summed E-state index contributed by atoms with van der Waals surface area (Å²) in [5, 5.41) is 0.315. The van der Waals surface area contributed by atoms with Crippen LogP contribution >= 0.6 is 11.6 Å². The van der Waals surface area contributed by atoms with Crippen molar-refractivity contribution < 1.29 is 8.42 Å². The second-order valence-corrected chi connectivity index (χ2v) is 5.62. The van der Waals surface area contributed by atoms with Gasteiger partial charge in [-0.2, -0.15) is 0 Å². The quantitative estimate of drug-likeness (QED) is 0.845. The molecule has 0 spiro atoms. The molecule has 0 radical (unpaired) electrons. The van der Waals surface area contributed by atoms with E-state index in [1.165, 1.54) is 24.4 Å². The zero-order valence-corrected chi connectivity index (χ0v) is 10.7. The number of hydrogen-bond acceptors (Lipinski definition) is 4. The summed E-state index contributed by atoms with van der Waals surface area (Å²) in [6.45, 7) is 0. The molecule has 0 saturated heterocycles. The lowest BCUT2D eigenvalue weighted by Crippen LogP contribution is -2.13. The van der Waals surface area contributed by atoms with E-state index >= 15 is 0 Å². The minimum Gasteiger partial charge on any atom is -0.397 e. The van der Waals surface area contributed by atoms with Crippen LogP contribution in [0.2, 0.25) is 5.02 Å². The lowest BCUT2D eigenvalue weighted by Gasteiger charge is -2.08. The molecular formula is C11H10ClN3O2S. The van der Waals surface area contributed by atoms with Crippen LogP contribution in [0.25, 0.3) is 0 Å². The van der Waals surface area contributed by atoms with Crippen LogP contribution in [-0.4, -0.2) is 13.4 Å². The molecule has 0 amide bonds. The Labute approximate surface area is 110 Å². The van der Waals surface area contributed by atoms with E-state index in [1.807, 2.05) is 0 Å². The number of aromatic nitrogens is 1. The van der Waals surface area contributed by atoms with E-state index in [0.717, 1.165) is 0 Å². The fourth-order valence-electron chi connectivity index (χ4n) is 1.33.